The van der Waals surface area contributed by atoms with Crippen LogP contribution < -0.4 is 5.69 Å². The van der Waals surface area contributed by atoms with Crippen LogP contribution >= 0.6 is 48.4 Å². The third kappa shape index (κ3) is 9.27. The van der Waals surface area contributed by atoms with Crippen molar-refractivity contribution in [1.29, 1.82) is 0 Å². The number of aromatic hydroxyl groups is 1. The van der Waals surface area contributed by atoms with Crippen molar-refractivity contribution in [2.45, 2.75) is 92.0 Å². The lowest BCUT2D eigenvalue weighted by Crippen LogP contribution is -2.30. The molecule has 0 aliphatic heterocycles. The van der Waals surface area contributed by atoms with Gasteiger partial charge in [-0.2, -0.15) is 23.5 Å². The largest absolute Gasteiger partial charge is 0.493 e. The molecular weight excluding hydrogens is 517 g/mol. The molecule has 0 aliphatic carbocycles. The Labute approximate surface area is 230 Å². The molecule has 2 aromatic rings. The van der Waals surface area contributed by atoms with Gasteiger partial charge in [-0.3, -0.25) is 9.13 Å². The molecule has 0 atom stereocenters. The number of thiol groups is 1. The Kier molecular flexibility index (Phi) is 12.0. The van der Waals surface area contributed by atoms with Crippen LogP contribution in [0.3, 0.4) is 0 Å². The highest BCUT2D eigenvalue weighted by Gasteiger charge is 2.23. The van der Waals surface area contributed by atoms with Gasteiger partial charge in [-0.15, -0.1) is 12.6 Å². The van der Waals surface area contributed by atoms with Gasteiger partial charge in [0.25, 0.3) is 0 Å². The van der Waals surface area contributed by atoms with Gasteiger partial charge in [0.05, 0.1) is 11.2 Å². The lowest BCUT2D eigenvalue weighted by molar-refractivity contribution is 0.272. The van der Waals surface area contributed by atoms with Crippen molar-refractivity contribution < 1.29 is 5.11 Å². The molecule has 0 radical (unpaired) electrons. The van der Waals surface area contributed by atoms with E-state index in [0.29, 0.717) is 13.1 Å². The molecule has 0 aromatic carbocycles. The summed E-state index contributed by atoms with van der Waals surface area (Å²) in [6.45, 7) is 15.9. The highest BCUT2D eigenvalue weighted by Crippen LogP contribution is 2.29. The van der Waals surface area contributed by atoms with Gasteiger partial charge in [0.1, 0.15) is 0 Å². The fraction of sp³-hybridized carbons (Fsp3) is 0.760. The molecule has 35 heavy (non-hydrogen) atoms. The van der Waals surface area contributed by atoms with Crippen LogP contribution in [0.5, 0.6) is 5.88 Å². The number of imidazole rings is 2. The van der Waals surface area contributed by atoms with E-state index in [1.54, 1.807) is 4.57 Å². The average Bonchev–Trinajstić information content (AvgIpc) is 3.21. The van der Waals surface area contributed by atoms with E-state index in [2.05, 4.69) is 56.4 Å². The molecule has 0 fully saturated rings. The first-order valence-electron chi connectivity index (χ1n) is 12.5. The minimum Gasteiger partial charge on any atom is -0.493 e. The molecule has 0 unspecified atom stereocenters. The normalized spacial score (nSPS) is 12.5. The van der Waals surface area contributed by atoms with Crippen LogP contribution in [-0.2, 0) is 26.2 Å². The highest BCUT2D eigenvalue weighted by atomic mass is 32.2. The van der Waals surface area contributed by atoms with Crippen molar-refractivity contribution in [3.05, 3.63) is 27.6 Å². The van der Waals surface area contributed by atoms with Gasteiger partial charge in [-0.05, 0) is 79.2 Å². The molecule has 200 valence electrons. The number of thioether (sulfide) groups is 2. The van der Waals surface area contributed by atoms with Gasteiger partial charge >= 0.3 is 5.69 Å². The Balaban J connectivity index is 1.62. The molecule has 2 heterocycles. The lowest BCUT2D eigenvalue weighted by atomic mass is 9.90. The number of rotatable bonds is 16. The zero-order valence-electron chi connectivity index (χ0n) is 22.2. The van der Waals surface area contributed by atoms with E-state index < -0.39 is 0 Å². The Bertz CT molecular complexity index is 967. The zero-order chi connectivity index (χ0) is 26.2. The van der Waals surface area contributed by atoms with Gasteiger partial charge in [-0.25, -0.2) is 4.79 Å². The second-order valence-corrected chi connectivity index (χ2v) is 14.0. The van der Waals surface area contributed by atoms with Crippen LogP contribution in [0.25, 0.3) is 0 Å². The zero-order valence-corrected chi connectivity index (χ0v) is 25.6. The predicted octanol–water partition coefficient (Wildman–Crippen LogP) is 6.41. The molecule has 0 saturated carbocycles. The number of aryl methyl sites for hydroxylation is 2. The standard InChI is InChI=1S/C25H44N4O2S4/c1-7-26-16-20(30)28(22(26)31)18-24(3,4)10-14-34-12-9-13-35-15-11-25(5,6)19-29-21(32)17-27(8-2)23(29)33/h16-17,30,32H,7-15,18-19H2,1-6H3. The second-order valence-electron chi connectivity index (χ2n) is 10.7. The summed E-state index contributed by atoms with van der Waals surface area (Å²) in [7, 11) is 0. The first kappa shape index (κ1) is 30.5. The third-order valence-electron chi connectivity index (χ3n) is 6.33. The van der Waals surface area contributed by atoms with E-state index in [4.69, 9.17) is 12.2 Å². The van der Waals surface area contributed by atoms with Crippen LogP contribution in [0, 0.1) is 15.6 Å². The van der Waals surface area contributed by atoms with E-state index in [1.807, 2.05) is 36.6 Å². The van der Waals surface area contributed by atoms with E-state index in [-0.39, 0.29) is 22.4 Å². The molecule has 0 amide bonds. The van der Waals surface area contributed by atoms with Crippen LogP contribution in [-0.4, -0.2) is 46.4 Å². The summed E-state index contributed by atoms with van der Waals surface area (Å²) < 4.78 is 8.14. The Morgan fingerprint density at radius 1 is 0.886 bits per heavy atom. The predicted molar refractivity (Wildman–Crippen MR) is 158 cm³/mol. The van der Waals surface area contributed by atoms with Gasteiger partial charge in [0, 0.05) is 32.4 Å². The topological polar surface area (TPSA) is 57.0 Å². The molecule has 6 nitrogen and oxygen atoms in total. The maximum absolute atomic E-state index is 12.3. The second kappa shape index (κ2) is 13.7. The number of hydrogen-bond donors (Lipinski definition) is 2. The van der Waals surface area contributed by atoms with Crippen molar-refractivity contribution >= 4 is 48.4 Å². The summed E-state index contributed by atoms with van der Waals surface area (Å²) in [5.74, 6) is 4.63. The molecule has 0 bridgehead atoms. The van der Waals surface area contributed by atoms with Crippen molar-refractivity contribution in [3.63, 3.8) is 0 Å². The molecule has 0 aliphatic rings. The fourth-order valence-corrected chi connectivity index (χ4v) is 7.36. The van der Waals surface area contributed by atoms with Crippen LogP contribution in [0.1, 0.15) is 60.8 Å². The van der Waals surface area contributed by atoms with Crippen molar-refractivity contribution in [2.75, 3.05) is 23.0 Å². The third-order valence-corrected chi connectivity index (χ3v) is 9.28. The summed E-state index contributed by atoms with van der Waals surface area (Å²) in [6, 6.07) is 0. The Morgan fingerprint density at radius 3 is 1.86 bits per heavy atom. The van der Waals surface area contributed by atoms with E-state index >= 15 is 0 Å². The minimum absolute atomic E-state index is 0.0392. The summed E-state index contributed by atoms with van der Waals surface area (Å²) in [6.07, 6.45) is 6.93. The SMILES string of the molecule is CCn1cc(O)n(CC(C)(C)CCSCCCSCCC(C)(C)Cn2c(S)cn(CC)c2=S)c1=O. The lowest BCUT2D eigenvalue weighted by Gasteiger charge is -2.25. The number of hydrogen-bond acceptors (Lipinski definition) is 6. The first-order valence-corrected chi connectivity index (χ1v) is 15.7. The molecule has 1 N–H and O–H groups in total. The highest BCUT2D eigenvalue weighted by molar-refractivity contribution is 8.00. The van der Waals surface area contributed by atoms with Crippen molar-refractivity contribution in [3.8, 4) is 5.88 Å². The van der Waals surface area contributed by atoms with Gasteiger partial charge in [0.2, 0.25) is 5.88 Å². The van der Waals surface area contributed by atoms with Gasteiger partial charge in [0.15, 0.2) is 4.77 Å². The Morgan fingerprint density at radius 2 is 1.40 bits per heavy atom. The Hall–Kier alpha value is -0.710. The van der Waals surface area contributed by atoms with E-state index in [1.165, 1.54) is 22.9 Å². The van der Waals surface area contributed by atoms with Gasteiger partial charge < -0.3 is 14.2 Å². The smallest absolute Gasteiger partial charge is 0.331 e. The number of aromatic nitrogens is 4. The van der Waals surface area contributed by atoms with Crippen molar-refractivity contribution in [1.82, 2.24) is 18.3 Å². The molecule has 2 rings (SSSR count). The summed E-state index contributed by atoms with van der Waals surface area (Å²) >= 11 is 14.2. The molecule has 2 aromatic heterocycles. The first-order chi connectivity index (χ1) is 16.4. The van der Waals surface area contributed by atoms with Gasteiger partial charge in [-0.1, -0.05) is 27.7 Å². The van der Waals surface area contributed by atoms with Crippen LogP contribution in [0.15, 0.2) is 22.2 Å². The van der Waals surface area contributed by atoms with Crippen molar-refractivity contribution in [2.24, 2.45) is 10.8 Å². The fourth-order valence-electron chi connectivity index (χ4n) is 3.96. The molecule has 0 saturated heterocycles. The molecule has 10 heteroatoms. The van der Waals surface area contributed by atoms with Crippen LogP contribution in [0.2, 0.25) is 0 Å². The quantitative estimate of drug-likeness (QED) is 0.141. The summed E-state index contributed by atoms with van der Waals surface area (Å²) in [5.41, 5.74) is 0.0134. The molecule has 0 spiro atoms. The number of nitrogens with zero attached hydrogens (tertiary/aromatic N) is 4. The van der Waals surface area contributed by atoms with E-state index in [9.17, 15) is 9.90 Å². The maximum atomic E-state index is 12.3. The average molecular weight is 561 g/mol. The monoisotopic (exact) mass is 560 g/mol. The summed E-state index contributed by atoms with van der Waals surface area (Å²) in [5, 5.41) is 11.0. The van der Waals surface area contributed by atoms with E-state index in [0.717, 1.165) is 53.0 Å². The van der Waals surface area contributed by atoms with Crippen LogP contribution in [0.4, 0.5) is 0 Å². The maximum Gasteiger partial charge on any atom is 0.331 e. The summed E-state index contributed by atoms with van der Waals surface area (Å²) in [4.78, 5) is 12.3. The minimum atomic E-state index is -0.125. The molecular formula is C25H44N4O2S4.